The molecule has 2 aliphatic heterocycles. The summed E-state index contributed by atoms with van der Waals surface area (Å²) in [7, 11) is 0. The lowest BCUT2D eigenvalue weighted by molar-refractivity contribution is 0.0523. The Balaban J connectivity index is 1.10. The third kappa shape index (κ3) is 6.75. The summed E-state index contributed by atoms with van der Waals surface area (Å²) in [6.45, 7) is 3.65. The molecular weight excluding hydrogens is 400 g/mol. The Morgan fingerprint density at radius 2 is 1.28 bits per heavy atom. The number of ether oxygens (including phenoxy) is 4. The number of epoxide rings is 2. The second kappa shape index (κ2) is 10.4. The minimum Gasteiger partial charge on any atom is -0.374 e. The molecule has 0 spiro atoms. The first kappa shape index (κ1) is 21.4. The van der Waals surface area contributed by atoms with E-state index in [1.165, 1.54) is 33.4 Å². The molecule has 0 bridgehead atoms. The van der Waals surface area contributed by atoms with Crippen LogP contribution in [0.1, 0.15) is 33.4 Å². The molecule has 3 aromatic carbocycles. The zero-order valence-electron chi connectivity index (χ0n) is 18.4. The van der Waals surface area contributed by atoms with Gasteiger partial charge in [0.25, 0.3) is 0 Å². The Bertz CT molecular complexity index is 989. The van der Waals surface area contributed by atoms with Gasteiger partial charge in [0, 0.05) is 0 Å². The van der Waals surface area contributed by atoms with Crippen LogP contribution in [-0.2, 0) is 44.8 Å². The highest BCUT2D eigenvalue weighted by atomic mass is 16.8. The Labute approximate surface area is 190 Å². The molecule has 0 aromatic heterocycles. The van der Waals surface area contributed by atoms with Gasteiger partial charge in [0.2, 0.25) is 0 Å². The van der Waals surface area contributed by atoms with Crippen molar-refractivity contribution in [3.8, 4) is 0 Å². The molecule has 2 saturated heterocycles. The average molecular weight is 431 g/mol. The molecule has 32 heavy (non-hydrogen) atoms. The maximum atomic E-state index is 5.67. The van der Waals surface area contributed by atoms with Crippen LogP contribution in [-0.4, -0.2) is 38.8 Å². The third-order valence-electron chi connectivity index (χ3n) is 5.83. The Hall–Kier alpha value is -2.50. The highest BCUT2D eigenvalue weighted by Crippen LogP contribution is 2.17. The van der Waals surface area contributed by atoms with E-state index >= 15 is 0 Å². The smallest absolute Gasteiger partial charge is 0.181 e. The van der Waals surface area contributed by atoms with E-state index in [1.54, 1.807) is 0 Å². The Morgan fingerprint density at radius 1 is 0.688 bits per heavy atom. The maximum Gasteiger partial charge on any atom is 0.181 e. The molecule has 2 heterocycles. The van der Waals surface area contributed by atoms with Gasteiger partial charge in [0.15, 0.2) is 6.29 Å². The van der Waals surface area contributed by atoms with Gasteiger partial charge in [0.05, 0.1) is 26.4 Å². The molecular formula is C28H30O4. The number of benzene rings is 3. The van der Waals surface area contributed by atoms with Crippen LogP contribution in [0.3, 0.4) is 0 Å². The fourth-order valence-electron chi connectivity index (χ4n) is 3.81. The van der Waals surface area contributed by atoms with Crippen molar-refractivity contribution < 1.29 is 18.9 Å². The van der Waals surface area contributed by atoms with E-state index in [0.29, 0.717) is 25.9 Å². The van der Waals surface area contributed by atoms with Crippen molar-refractivity contribution in [2.75, 3.05) is 26.4 Å². The van der Waals surface area contributed by atoms with Crippen molar-refractivity contribution in [1.82, 2.24) is 0 Å². The molecule has 2 aliphatic rings. The van der Waals surface area contributed by atoms with Crippen molar-refractivity contribution in [2.45, 2.75) is 38.3 Å². The Kier molecular flexibility index (Phi) is 6.95. The lowest BCUT2D eigenvalue weighted by Crippen LogP contribution is -2.01. The minimum absolute atomic E-state index is 0.0381. The van der Waals surface area contributed by atoms with E-state index in [2.05, 4.69) is 72.8 Å². The van der Waals surface area contributed by atoms with E-state index in [0.717, 1.165) is 32.5 Å². The van der Waals surface area contributed by atoms with E-state index in [4.69, 9.17) is 18.9 Å². The van der Waals surface area contributed by atoms with Gasteiger partial charge in [-0.2, -0.15) is 0 Å². The first-order chi connectivity index (χ1) is 15.8. The molecule has 2 unspecified atom stereocenters. The molecule has 0 saturated carbocycles. The van der Waals surface area contributed by atoms with Crippen LogP contribution in [0.15, 0.2) is 72.8 Å². The average Bonchev–Trinajstić information content (AvgIpc) is 3.73. The summed E-state index contributed by atoms with van der Waals surface area (Å²) in [6, 6.07) is 26.5. The highest BCUT2D eigenvalue weighted by Gasteiger charge is 2.22. The van der Waals surface area contributed by atoms with Crippen LogP contribution in [0.5, 0.6) is 0 Å². The molecule has 0 amide bonds. The van der Waals surface area contributed by atoms with Gasteiger partial charge in [-0.3, -0.25) is 0 Å². The number of hydrogen-bond donors (Lipinski definition) is 0. The summed E-state index contributed by atoms with van der Waals surface area (Å²) in [5, 5.41) is 0. The van der Waals surface area contributed by atoms with Crippen molar-refractivity contribution in [3.05, 3.63) is 106 Å². The molecule has 2 atom stereocenters. The second-order valence-electron chi connectivity index (χ2n) is 8.66. The minimum atomic E-state index is 0.0381. The number of rotatable bonds is 12. The first-order valence-electron chi connectivity index (χ1n) is 11.5. The van der Waals surface area contributed by atoms with Crippen LogP contribution in [0.25, 0.3) is 0 Å². The zero-order chi connectivity index (χ0) is 21.6. The lowest BCUT2D eigenvalue weighted by atomic mass is 9.99. The fourth-order valence-corrected chi connectivity index (χ4v) is 3.81. The topological polar surface area (TPSA) is 43.5 Å². The van der Waals surface area contributed by atoms with Crippen molar-refractivity contribution in [2.24, 2.45) is 0 Å². The van der Waals surface area contributed by atoms with E-state index < -0.39 is 0 Å². The van der Waals surface area contributed by atoms with Crippen LogP contribution in [0.4, 0.5) is 0 Å². The third-order valence-corrected chi connectivity index (χ3v) is 5.83. The second-order valence-corrected chi connectivity index (χ2v) is 8.66. The van der Waals surface area contributed by atoms with Gasteiger partial charge in [-0.05, 0) is 52.6 Å². The van der Waals surface area contributed by atoms with Crippen LogP contribution < -0.4 is 0 Å². The van der Waals surface area contributed by atoms with Crippen LogP contribution in [0.2, 0.25) is 0 Å². The molecule has 0 radical (unpaired) electrons. The first-order valence-corrected chi connectivity index (χ1v) is 11.5. The summed E-state index contributed by atoms with van der Waals surface area (Å²) in [6.07, 6.45) is 3.17. The zero-order valence-corrected chi connectivity index (χ0v) is 18.4. The van der Waals surface area contributed by atoms with Gasteiger partial charge in [0.1, 0.15) is 12.7 Å². The van der Waals surface area contributed by atoms with Gasteiger partial charge in [-0.1, -0.05) is 72.8 Å². The summed E-state index contributed by atoms with van der Waals surface area (Å²) in [4.78, 5) is 0. The van der Waals surface area contributed by atoms with Crippen molar-refractivity contribution >= 4 is 0 Å². The molecule has 5 rings (SSSR count). The molecule has 4 heteroatoms. The van der Waals surface area contributed by atoms with Gasteiger partial charge < -0.3 is 18.9 Å². The largest absolute Gasteiger partial charge is 0.374 e. The molecule has 166 valence electrons. The monoisotopic (exact) mass is 430 g/mol. The molecule has 3 aromatic rings. The fraction of sp³-hybridized carbons (Fsp3) is 0.357. The molecule has 2 fully saturated rings. The number of hydrogen-bond acceptors (Lipinski definition) is 4. The lowest BCUT2D eigenvalue weighted by Gasteiger charge is -2.08. The molecule has 0 aliphatic carbocycles. The molecule has 0 N–H and O–H groups in total. The van der Waals surface area contributed by atoms with Crippen LogP contribution in [0, 0.1) is 0 Å². The summed E-state index contributed by atoms with van der Waals surface area (Å²) in [5.74, 6) is 0. The van der Waals surface area contributed by atoms with Gasteiger partial charge >= 0.3 is 0 Å². The molecule has 4 nitrogen and oxygen atoms in total. The maximum absolute atomic E-state index is 5.67. The Morgan fingerprint density at radius 3 is 1.91 bits per heavy atom. The van der Waals surface area contributed by atoms with E-state index in [9.17, 15) is 0 Å². The SMILES string of the molecule is c1cc(CCOC2CO2)cc(Cc2ccc(Cc3ccc(COCC4CO4)cc3)cc2)c1. The normalized spacial score (nSPS) is 19.1. The predicted octanol–water partition coefficient (Wildman–Crippen LogP) is 4.70. The van der Waals surface area contributed by atoms with E-state index in [-0.39, 0.29) is 6.29 Å². The van der Waals surface area contributed by atoms with Gasteiger partial charge in [-0.25, -0.2) is 0 Å². The van der Waals surface area contributed by atoms with Gasteiger partial charge in [-0.15, -0.1) is 0 Å². The van der Waals surface area contributed by atoms with E-state index in [1.807, 2.05) is 0 Å². The van der Waals surface area contributed by atoms with Crippen LogP contribution >= 0.6 is 0 Å². The van der Waals surface area contributed by atoms with Crippen molar-refractivity contribution in [1.29, 1.82) is 0 Å². The summed E-state index contributed by atoms with van der Waals surface area (Å²) < 4.78 is 21.5. The quantitative estimate of drug-likeness (QED) is 0.391. The predicted molar refractivity (Wildman–Crippen MR) is 124 cm³/mol. The summed E-state index contributed by atoms with van der Waals surface area (Å²) in [5.41, 5.74) is 7.84. The summed E-state index contributed by atoms with van der Waals surface area (Å²) >= 11 is 0. The highest BCUT2D eigenvalue weighted by molar-refractivity contribution is 5.34. The standard InChI is InChI=1S/C28H30O4/c1-2-21(12-13-30-28-20-32-28)15-26(3-1)16-24-6-4-22(5-7-24)14-23-8-10-25(11-9-23)17-29-18-27-19-31-27/h1-11,15,27-28H,12-14,16-20H2. The van der Waals surface area contributed by atoms with Crippen molar-refractivity contribution in [3.63, 3.8) is 0 Å².